The number of carbonyl (C=O) groups excluding carboxylic acids is 3. The molecule has 2 heterocycles. The Morgan fingerprint density at radius 2 is 1.83 bits per heavy atom. The standard InChI is InChI=1S/C21H30N8O7/c22-21-28-17-16(19(34)29-21)26-12(9-25-17)8-24-11-3-1-10(2-4-11)18(33)23-6-5-14(30)27-13(20(35)36)7-15(31)32/h1-4,12-13,16-17,21,24-26,28H,5-9,22H2,(H,23,33)(H,27,30)(H,29,34)(H,31,32)(H,35,36). The van der Waals surface area contributed by atoms with Crippen molar-refractivity contribution < 1.29 is 34.2 Å². The minimum atomic E-state index is -1.54. The Morgan fingerprint density at radius 3 is 2.50 bits per heavy atom. The first-order valence-corrected chi connectivity index (χ1v) is 11.3. The van der Waals surface area contributed by atoms with Gasteiger partial charge < -0.3 is 31.5 Å². The molecule has 0 bridgehead atoms. The molecule has 5 unspecified atom stereocenters. The van der Waals surface area contributed by atoms with Crippen LogP contribution in [-0.4, -0.2) is 90.1 Å². The van der Waals surface area contributed by atoms with Crippen LogP contribution in [0.2, 0.25) is 0 Å². The zero-order chi connectivity index (χ0) is 26.2. The van der Waals surface area contributed by atoms with Crippen LogP contribution in [0.1, 0.15) is 23.2 Å². The molecule has 0 aliphatic carbocycles. The lowest BCUT2D eigenvalue weighted by atomic mass is 10.1. The molecule has 36 heavy (non-hydrogen) atoms. The van der Waals surface area contributed by atoms with Crippen molar-refractivity contribution in [1.29, 1.82) is 0 Å². The van der Waals surface area contributed by atoms with Crippen LogP contribution in [0.15, 0.2) is 24.3 Å². The smallest absolute Gasteiger partial charge is 0.326 e. The van der Waals surface area contributed by atoms with Crippen LogP contribution < -0.4 is 43.0 Å². The van der Waals surface area contributed by atoms with E-state index in [2.05, 4.69) is 37.2 Å². The number of hydrogen-bond donors (Lipinski definition) is 10. The molecule has 0 radical (unpaired) electrons. The molecule has 15 heteroatoms. The first-order chi connectivity index (χ1) is 17.1. The Morgan fingerprint density at radius 1 is 1.11 bits per heavy atom. The second kappa shape index (κ2) is 12.3. The molecule has 1 aromatic carbocycles. The number of aliphatic carboxylic acids is 2. The molecule has 2 fully saturated rings. The van der Waals surface area contributed by atoms with Crippen LogP contribution in [-0.2, 0) is 19.2 Å². The van der Waals surface area contributed by atoms with Crippen molar-refractivity contribution in [2.45, 2.75) is 43.4 Å². The SMILES string of the molecule is NC1NC(=O)C2NC(CNc3ccc(C(=O)NCCC(=O)NC(CC(=O)O)C(=O)O)cc3)CNC2N1. The Kier molecular flexibility index (Phi) is 9.13. The van der Waals surface area contributed by atoms with Gasteiger partial charge >= 0.3 is 11.9 Å². The highest BCUT2D eigenvalue weighted by molar-refractivity contribution is 5.95. The van der Waals surface area contributed by atoms with Gasteiger partial charge in [-0.05, 0) is 24.3 Å². The number of carboxylic acid groups (broad SMARTS) is 2. The van der Waals surface area contributed by atoms with Gasteiger partial charge in [0.1, 0.15) is 18.4 Å². The van der Waals surface area contributed by atoms with Crippen LogP contribution in [0.3, 0.4) is 0 Å². The number of carboxylic acids is 2. The summed E-state index contributed by atoms with van der Waals surface area (Å²) in [6, 6.07) is 4.63. The lowest BCUT2D eigenvalue weighted by molar-refractivity contribution is -0.147. The zero-order valence-corrected chi connectivity index (χ0v) is 19.2. The van der Waals surface area contributed by atoms with Crippen molar-refractivity contribution in [3.05, 3.63) is 29.8 Å². The van der Waals surface area contributed by atoms with E-state index in [9.17, 15) is 24.0 Å². The van der Waals surface area contributed by atoms with E-state index in [1.165, 1.54) is 0 Å². The average molecular weight is 507 g/mol. The molecule has 0 aromatic heterocycles. The van der Waals surface area contributed by atoms with Gasteiger partial charge in [0.25, 0.3) is 5.91 Å². The van der Waals surface area contributed by atoms with Gasteiger partial charge in [-0.1, -0.05) is 0 Å². The number of piperazine rings is 1. The highest BCUT2D eigenvalue weighted by atomic mass is 16.4. The third-order valence-corrected chi connectivity index (χ3v) is 5.62. The summed E-state index contributed by atoms with van der Waals surface area (Å²) in [5, 5.41) is 37.8. The number of nitrogens with two attached hydrogens (primary N) is 1. The third kappa shape index (κ3) is 7.61. The molecule has 2 saturated heterocycles. The fraction of sp³-hybridized carbons (Fsp3) is 0.476. The van der Waals surface area contributed by atoms with Crippen LogP contribution in [0.25, 0.3) is 0 Å². The first kappa shape index (κ1) is 26.8. The number of carbonyl (C=O) groups is 5. The van der Waals surface area contributed by atoms with Crippen molar-refractivity contribution in [3.63, 3.8) is 0 Å². The molecule has 15 nitrogen and oxygen atoms in total. The molecule has 2 aliphatic rings. The molecular formula is C21H30N8O7. The zero-order valence-electron chi connectivity index (χ0n) is 19.2. The fourth-order valence-electron chi connectivity index (χ4n) is 3.80. The van der Waals surface area contributed by atoms with Gasteiger partial charge in [-0.2, -0.15) is 0 Å². The van der Waals surface area contributed by atoms with Gasteiger partial charge in [0.05, 0.1) is 12.6 Å². The van der Waals surface area contributed by atoms with Crippen LogP contribution in [0.5, 0.6) is 0 Å². The van der Waals surface area contributed by atoms with E-state index in [1.54, 1.807) is 24.3 Å². The van der Waals surface area contributed by atoms with E-state index in [0.717, 1.165) is 5.69 Å². The van der Waals surface area contributed by atoms with Crippen LogP contribution in [0.4, 0.5) is 5.69 Å². The number of benzene rings is 1. The maximum Gasteiger partial charge on any atom is 0.326 e. The lowest BCUT2D eigenvalue weighted by Gasteiger charge is -2.42. The summed E-state index contributed by atoms with van der Waals surface area (Å²) in [5.41, 5.74) is 6.83. The number of rotatable bonds is 11. The fourth-order valence-corrected chi connectivity index (χ4v) is 3.80. The molecule has 0 spiro atoms. The van der Waals surface area contributed by atoms with Crippen molar-refractivity contribution in [3.8, 4) is 0 Å². The summed E-state index contributed by atoms with van der Waals surface area (Å²) in [7, 11) is 0. The van der Waals surface area contributed by atoms with Gasteiger partial charge in [0.2, 0.25) is 11.8 Å². The lowest BCUT2D eigenvalue weighted by Crippen LogP contribution is -2.78. The number of anilines is 1. The Labute approximate surface area is 205 Å². The maximum atomic E-state index is 12.3. The quantitative estimate of drug-likeness (QED) is 0.141. The summed E-state index contributed by atoms with van der Waals surface area (Å²) in [6.45, 7) is 1.08. The summed E-state index contributed by atoms with van der Waals surface area (Å²) >= 11 is 0. The van der Waals surface area contributed by atoms with E-state index in [0.29, 0.717) is 18.7 Å². The predicted octanol–water partition coefficient (Wildman–Crippen LogP) is -3.52. The number of amides is 3. The van der Waals surface area contributed by atoms with E-state index in [1.807, 2.05) is 0 Å². The van der Waals surface area contributed by atoms with Gasteiger partial charge in [-0.15, -0.1) is 0 Å². The van der Waals surface area contributed by atoms with E-state index in [4.69, 9.17) is 15.9 Å². The molecule has 196 valence electrons. The summed E-state index contributed by atoms with van der Waals surface area (Å²) in [4.78, 5) is 57.9. The minimum Gasteiger partial charge on any atom is -0.481 e. The van der Waals surface area contributed by atoms with Crippen LogP contribution in [0, 0.1) is 0 Å². The number of fused-ring (bicyclic) bond motifs is 1. The van der Waals surface area contributed by atoms with Gasteiger partial charge in [-0.25, -0.2) is 4.79 Å². The number of hydrogen-bond acceptors (Lipinski definition) is 10. The largest absolute Gasteiger partial charge is 0.481 e. The molecule has 0 saturated carbocycles. The van der Waals surface area contributed by atoms with E-state index in [-0.39, 0.29) is 31.1 Å². The Hall–Kier alpha value is -3.79. The third-order valence-electron chi connectivity index (χ3n) is 5.62. The molecule has 5 atom stereocenters. The van der Waals surface area contributed by atoms with Crippen molar-refractivity contribution in [2.75, 3.05) is 25.0 Å². The number of nitrogens with one attached hydrogen (secondary N) is 7. The average Bonchev–Trinajstić information content (AvgIpc) is 2.82. The van der Waals surface area contributed by atoms with Gasteiger partial charge in [0.15, 0.2) is 0 Å². The highest BCUT2D eigenvalue weighted by Crippen LogP contribution is 2.11. The Bertz CT molecular complexity index is 989. The van der Waals surface area contributed by atoms with Gasteiger partial charge in [-0.3, -0.25) is 40.9 Å². The van der Waals surface area contributed by atoms with E-state index >= 15 is 0 Å². The molecule has 3 amide bonds. The highest BCUT2D eigenvalue weighted by Gasteiger charge is 2.39. The van der Waals surface area contributed by atoms with Crippen molar-refractivity contribution >= 4 is 35.3 Å². The summed E-state index contributed by atoms with van der Waals surface area (Å²) in [5.74, 6) is -4.10. The molecule has 2 aliphatic heterocycles. The molecule has 1 aromatic rings. The second-order valence-electron chi connectivity index (χ2n) is 8.40. The molecule has 3 rings (SSSR count). The predicted molar refractivity (Wildman–Crippen MR) is 125 cm³/mol. The van der Waals surface area contributed by atoms with Crippen LogP contribution >= 0.6 is 0 Å². The maximum absolute atomic E-state index is 12.3. The second-order valence-corrected chi connectivity index (χ2v) is 8.40. The monoisotopic (exact) mass is 506 g/mol. The van der Waals surface area contributed by atoms with Crippen molar-refractivity contribution in [1.82, 2.24) is 31.9 Å². The van der Waals surface area contributed by atoms with E-state index < -0.39 is 48.5 Å². The summed E-state index contributed by atoms with van der Waals surface area (Å²) in [6.07, 6.45) is -1.80. The topological polar surface area (TPSA) is 236 Å². The molecule has 11 N–H and O–H groups in total. The van der Waals surface area contributed by atoms with Crippen molar-refractivity contribution in [2.24, 2.45) is 5.73 Å². The summed E-state index contributed by atoms with van der Waals surface area (Å²) < 4.78 is 0. The normalized spacial score (nSPS) is 24.0. The van der Waals surface area contributed by atoms with Gasteiger partial charge in [0, 0.05) is 43.3 Å². The minimum absolute atomic E-state index is 0.0292. The first-order valence-electron chi connectivity index (χ1n) is 11.3. The Balaban J connectivity index is 1.39. The molecular weight excluding hydrogens is 476 g/mol.